The van der Waals surface area contributed by atoms with E-state index in [4.69, 9.17) is 0 Å². The smallest absolute Gasteiger partial charge is 0.133 e. The van der Waals surface area contributed by atoms with E-state index in [1.54, 1.807) is 6.92 Å². The third-order valence-electron chi connectivity index (χ3n) is 5.20. The Hall–Kier alpha value is -0.660. The van der Waals surface area contributed by atoms with Gasteiger partial charge >= 0.3 is 0 Å². The summed E-state index contributed by atoms with van der Waals surface area (Å²) in [5, 5.41) is 0. The zero-order chi connectivity index (χ0) is 12.8. The van der Waals surface area contributed by atoms with Gasteiger partial charge in [0.1, 0.15) is 11.6 Å². The molecule has 96 valence electrons. The van der Waals surface area contributed by atoms with Crippen LogP contribution >= 0.6 is 0 Å². The van der Waals surface area contributed by atoms with Crippen molar-refractivity contribution in [3.8, 4) is 0 Å². The van der Waals surface area contributed by atoms with Gasteiger partial charge in [0.05, 0.1) is 0 Å². The van der Waals surface area contributed by atoms with Gasteiger partial charge in [-0.25, -0.2) is 0 Å². The maximum absolute atomic E-state index is 12.0. The number of Topliss-reactive ketones (excluding diaryl/α,β-unsaturated/α-hetero) is 2. The van der Waals surface area contributed by atoms with Crippen LogP contribution in [0.5, 0.6) is 0 Å². The molecular formula is C15H24O2. The molecule has 0 aromatic heterocycles. The second-order valence-corrected chi connectivity index (χ2v) is 7.11. The fraction of sp³-hybridized carbons (Fsp3) is 0.867. The van der Waals surface area contributed by atoms with Crippen LogP contribution in [0.4, 0.5) is 0 Å². The zero-order valence-corrected chi connectivity index (χ0v) is 11.5. The highest BCUT2D eigenvalue weighted by Crippen LogP contribution is 2.56. The average Bonchev–Trinajstić information content (AvgIpc) is 2.35. The Morgan fingerprint density at radius 3 is 2.47 bits per heavy atom. The number of fused-ring (bicyclic) bond motifs is 1. The molecule has 0 bridgehead atoms. The molecule has 3 atom stereocenters. The lowest BCUT2D eigenvalue weighted by Crippen LogP contribution is -2.38. The number of ketones is 2. The number of hydrogen-bond donors (Lipinski definition) is 0. The lowest BCUT2D eigenvalue weighted by Gasteiger charge is -2.39. The Balaban J connectivity index is 2.42. The van der Waals surface area contributed by atoms with Gasteiger partial charge in [0, 0.05) is 18.8 Å². The Labute approximate surface area is 104 Å². The minimum absolute atomic E-state index is 0.0544. The summed E-state index contributed by atoms with van der Waals surface area (Å²) in [5.41, 5.74) is 0.139. The number of hydrogen-bond acceptors (Lipinski definition) is 2. The SMILES string of the molecule is CC(=O)[C@H]1[C@H]2CC(=O)C[C@@]2(C)CCCC1(C)C. The van der Waals surface area contributed by atoms with E-state index in [9.17, 15) is 9.59 Å². The molecule has 2 aliphatic rings. The van der Waals surface area contributed by atoms with Crippen molar-refractivity contribution in [2.24, 2.45) is 22.7 Å². The summed E-state index contributed by atoms with van der Waals surface area (Å²) in [6.07, 6.45) is 4.69. The Bertz CT molecular complexity index is 356. The first kappa shape index (κ1) is 12.8. The van der Waals surface area contributed by atoms with Gasteiger partial charge in [-0.1, -0.05) is 27.2 Å². The summed E-state index contributed by atoms with van der Waals surface area (Å²) in [4.78, 5) is 23.8. The molecule has 0 unspecified atom stereocenters. The predicted octanol–water partition coefficient (Wildman–Crippen LogP) is 3.39. The van der Waals surface area contributed by atoms with Crippen molar-refractivity contribution in [3.05, 3.63) is 0 Å². The van der Waals surface area contributed by atoms with Crippen LogP contribution in [0.1, 0.15) is 59.8 Å². The first-order valence-electron chi connectivity index (χ1n) is 6.78. The molecule has 0 aromatic carbocycles. The van der Waals surface area contributed by atoms with Crippen LogP contribution < -0.4 is 0 Å². The number of rotatable bonds is 1. The molecule has 0 N–H and O–H groups in total. The first-order valence-corrected chi connectivity index (χ1v) is 6.78. The quantitative estimate of drug-likeness (QED) is 0.699. The summed E-state index contributed by atoms with van der Waals surface area (Å²) in [7, 11) is 0. The lowest BCUT2D eigenvalue weighted by atomic mass is 9.64. The lowest BCUT2D eigenvalue weighted by molar-refractivity contribution is -0.128. The van der Waals surface area contributed by atoms with Crippen LogP contribution in [0.25, 0.3) is 0 Å². The molecule has 2 heteroatoms. The third-order valence-corrected chi connectivity index (χ3v) is 5.20. The molecule has 2 fully saturated rings. The second kappa shape index (κ2) is 3.93. The highest BCUT2D eigenvalue weighted by molar-refractivity contribution is 5.85. The zero-order valence-electron chi connectivity index (χ0n) is 11.5. The van der Waals surface area contributed by atoms with E-state index in [1.165, 1.54) is 0 Å². The molecular weight excluding hydrogens is 212 g/mol. The molecule has 2 rings (SSSR count). The van der Waals surface area contributed by atoms with E-state index in [1.807, 2.05) is 0 Å². The summed E-state index contributed by atoms with van der Waals surface area (Å²) in [5.74, 6) is 0.996. The fourth-order valence-electron chi connectivity index (χ4n) is 4.42. The minimum Gasteiger partial charge on any atom is -0.300 e. The van der Waals surface area contributed by atoms with Crippen molar-refractivity contribution in [1.82, 2.24) is 0 Å². The maximum atomic E-state index is 12.0. The van der Waals surface area contributed by atoms with Crippen molar-refractivity contribution >= 4 is 11.6 Å². The van der Waals surface area contributed by atoms with Crippen LogP contribution in [0.3, 0.4) is 0 Å². The van der Waals surface area contributed by atoms with E-state index in [2.05, 4.69) is 20.8 Å². The summed E-state index contributed by atoms with van der Waals surface area (Å²) < 4.78 is 0. The third kappa shape index (κ3) is 2.07. The van der Waals surface area contributed by atoms with Crippen molar-refractivity contribution < 1.29 is 9.59 Å². The standard InChI is InChI=1S/C15H24O2/c1-10(16)13-12-8-11(17)9-15(12,4)7-5-6-14(13,2)3/h12-13H,5-9H2,1-4H3/t12-,13+,15-/m1/s1. The molecule has 0 heterocycles. The fourth-order valence-corrected chi connectivity index (χ4v) is 4.42. The van der Waals surface area contributed by atoms with Crippen LogP contribution in [-0.2, 0) is 9.59 Å². The molecule has 0 amide bonds. The molecule has 0 radical (unpaired) electrons. The normalized spacial score (nSPS) is 40.8. The van der Waals surface area contributed by atoms with Gasteiger partial charge in [-0.3, -0.25) is 9.59 Å². The highest BCUT2D eigenvalue weighted by atomic mass is 16.1. The molecule has 0 aliphatic heterocycles. The van der Waals surface area contributed by atoms with E-state index in [-0.39, 0.29) is 28.4 Å². The molecule has 0 spiro atoms. The van der Waals surface area contributed by atoms with E-state index in [0.29, 0.717) is 18.6 Å². The number of carbonyl (C=O) groups excluding carboxylic acids is 2. The largest absolute Gasteiger partial charge is 0.300 e. The molecule has 2 nitrogen and oxygen atoms in total. The Morgan fingerprint density at radius 1 is 1.24 bits per heavy atom. The summed E-state index contributed by atoms with van der Waals surface area (Å²) >= 11 is 0. The second-order valence-electron chi connectivity index (χ2n) is 7.11. The van der Waals surface area contributed by atoms with Crippen LogP contribution in [0, 0.1) is 22.7 Å². The topological polar surface area (TPSA) is 34.1 Å². The minimum atomic E-state index is 0.0544. The Morgan fingerprint density at radius 2 is 1.88 bits per heavy atom. The maximum Gasteiger partial charge on any atom is 0.133 e. The van der Waals surface area contributed by atoms with Gasteiger partial charge in [0.15, 0.2) is 0 Å². The van der Waals surface area contributed by atoms with Crippen LogP contribution in [0.2, 0.25) is 0 Å². The van der Waals surface area contributed by atoms with E-state index < -0.39 is 0 Å². The van der Waals surface area contributed by atoms with Crippen molar-refractivity contribution in [1.29, 1.82) is 0 Å². The molecule has 0 aromatic rings. The van der Waals surface area contributed by atoms with Gasteiger partial charge in [-0.2, -0.15) is 0 Å². The van der Waals surface area contributed by atoms with Crippen molar-refractivity contribution in [2.75, 3.05) is 0 Å². The average molecular weight is 236 g/mol. The molecule has 2 saturated carbocycles. The van der Waals surface area contributed by atoms with Gasteiger partial charge in [-0.15, -0.1) is 0 Å². The van der Waals surface area contributed by atoms with E-state index in [0.717, 1.165) is 19.3 Å². The van der Waals surface area contributed by atoms with Crippen LogP contribution in [0.15, 0.2) is 0 Å². The van der Waals surface area contributed by atoms with Crippen molar-refractivity contribution in [3.63, 3.8) is 0 Å². The highest BCUT2D eigenvalue weighted by Gasteiger charge is 2.53. The van der Waals surface area contributed by atoms with E-state index >= 15 is 0 Å². The van der Waals surface area contributed by atoms with Crippen molar-refractivity contribution in [2.45, 2.75) is 59.8 Å². The van der Waals surface area contributed by atoms with Gasteiger partial charge in [0.2, 0.25) is 0 Å². The molecule has 2 aliphatic carbocycles. The van der Waals surface area contributed by atoms with Crippen LogP contribution in [-0.4, -0.2) is 11.6 Å². The molecule has 0 saturated heterocycles. The summed E-state index contributed by atoms with van der Waals surface area (Å²) in [6.45, 7) is 8.34. The monoisotopic (exact) mass is 236 g/mol. The Kier molecular flexibility index (Phi) is 2.95. The summed E-state index contributed by atoms with van der Waals surface area (Å²) in [6, 6.07) is 0. The first-order chi connectivity index (χ1) is 7.76. The predicted molar refractivity (Wildman–Crippen MR) is 67.6 cm³/mol. The van der Waals surface area contributed by atoms with Gasteiger partial charge in [-0.05, 0) is 36.5 Å². The van der Waals surface area contributed by atoms with Gasteiger partial charge in [0.25, 0.3) is 0 Å². The van der Waals surface area contributed by atoms with Gasteiger partial charge < -0.3 is 0 Å². The molecule has 17 heavy (non-hydrogen) atoms. The number of carbonyl (C=O) groups is 2.